The average molecular weight is 267 g/mol. The van der Waals surface area contributed by atoms with E-state index in [9.17, 15) is 9.59 Å². The van der Waals surface area contributed by atoms with Crippen LogP contribution < -0.4 is 11.1 Å². The molecule has 0 bridgehead atoms. The smallest absolute Gasteiger partial charge is 0.261 e. The highest BCUT2D eigenvalue weighted by atomic mass is 32.1. The van der Waals surface area contributed by atoms with Crippen molar-refractivity contribution in [3.63, 3.8) is 0 Å². The first-order valence-corrected chi connectivity index (χ1v) is 6.69. The Balaban J connectivity index is 1.97. The SMILES string of the molecule is Cc1sc(C(=O)NC2CCC(=O)N(C)C2)cc1N. The van der Waals surface area contributed by atoms with E-state index >= 15 is 0 Å². The maximum Gasteiger partial charge on any atom is 0.261 e. The molecule has 1 aliphatic heterocycles. The lowest BCUT2D eigenvalue weighted by Gasteiger charge is -2.29. The van der Waals surface area contributed by atoms with Crippen molar-refractivity contribution in [3.05, 3.63) is 15.8 Å². The number of likely N-dealkylation sites (tertiary alicyclic amines) is 1. The lowest BCUT2D eigenvalue weighted by Crippen LogP contribution is -2.48. The summed E-state index contributed by atoms with van der Waals surface area (Å²) in [6.07, 6.45) is 1.20. The molecule has 0 saturated carbocycles. The van der Waals surface area contributed by atoms with Gasteiger partial charge in [0.05, 0.1) is 4.88 Å². The van der Waals surface area contributed by atoms with Gasteiger partial charge in [-0.1, -0.05) is 0 Å². The van der Waals surface area contributed by atoms with E-state index < -0.39 is 0 Å². The van der Waals surface area contributed by atoms with Gasteiger partial charge in [-0.05, 0) is 19.4 Å². The number of likely N-dealkylation sites (N-methyl/N-ethyl adjacent to an activating group) is 1. The molecule has 1 unspecified atom stereocenters. The number of rotatable bonds is 2. The molecule has 1 atom stereocenters. The minimum Gasteiger partial charge on any atom is -0.398 e. The van der Waals surface area contributed by atoms with Crippen LogP contribution in [0.2, 0.25) is 0 Å². The van der Waals surface area contributed by atoms with Gasteiger partial charge < -0.3 is 16.0 Å². The van der Waals surface area contributed by atoms with Gasteiger partial charge in [0.2, 0.25) is 5.91 Å². The van der Waals surface area contributed by atoms with Gasteiger partial charge in [-0.15, -0.1) is 11.3 Å². The number of nitrogens with two attached hydrogens (primary N) is 1. The van der Waals surface area contributed by atoms with Gasteiger partial charge in [-0.3, -0.25) is 9.59 Å². The topological polar surface area (TPSA) is 75.4 Å². The van der Waals surface area contributed by atoms with E-state index in [1.54, 1.807) is 18.0 Å². The molecule has 1 aromatic heterocycles. The minimum atomic E-state index is -0.104. The maximum atomic E-state index is 12.0. The fourth-order valence-electron chi connectivity index (χ4n) is 1.99. The van der Waals surface area contributed by atoms with Gasteiger partial charge in [-0.2, -0.15) is 0 Å². The van der Waals surface area contributed by atoms with E-state index in [-0.39, 0.29) is 17.9 Å². The zero-order valence-corrected chi connectivity index (χ0v) is 11.3. The fraction of sp³-hybridized carbons (Fsp3) is 0.500. The van der Waals surface area contributed by atoms with Crippen molar-refractivity contribution in [1.82, 2.24) is 10.2 Å². The Morgan fingerprint density at radius 2 is 2.33 bits per heavy atom. The summed E-state index contributed by atoms with van der Waals surface area (Å²) in [5.74, 6) is 0.0317. The zero-order valence-electron chi connectivity index (χ0n) is 10.5. The average Bonchev–Trinajstić information content (AvgIpc) is 2.65. The number of thiophene rings is 1. The quantitative estimate of drug-likeness (QED) is 0.839. The van der Waals surface area contributed by atoms with Crippen LogP contribution in [0.5, 0.6) is 0 Å². The first-order valence-electron chi connectivity index (χ1n) is 5.88. The van der Waals surface area contributed by atoms with Crippen LogP contribution in [0.3, 0.4) is 0 Å². The molecule has 2 heterocycles. The van der Waals surface area contributed by atoms with Gasteiger partial charge in [0.15, 0.2) is 0 Å². The summed E-state index contributed by atoms with van der Waals surface area (Å²) in [7, 11) is 1.76. The summed E-state index contributed by atoms with van der Waals surface area (Å²) in [6, 6.07) is 1.73. The monoisotopic (exact) mass is 267 g/mol. The predicted octanol–water partition coefficient (Wildman–Crippen LogP) is 0.989. The Kier molecular flexibility index (Phi) is 3.56. The van der Waals surface area contributed by atoms with Crippen molar-refractivity contribution >= 4 is 28.8 Å². The van der Waals surface area contributed by atoms with Crippen molar-refractivity contribution in [3.8, 4) is 0 Å². The van der Waals surface area contributed by atoms with Crippen molar-refractivity contribution in [2.24, 2.45) is 0 Å². The van der Waals surface area contributed by atoms with E-state index in [1.165, 1.54) is 11.3 Å². The van der Waals surface area contributed by atoms with Crippen LogP contribution in [-0.2, 0) is 4.79 Å². The minimum absolute atomic E-state index is 0.0313. The van der Waals surface area contributed by atoms with Crippen molar-refractivity contribution in [2.75, 3.05) is 19.3 Å². The normalized spacial score (nSPS) is 20.0. The number of hydrogen-bond acceptors (Lipinski definition) is 4. The summed E-state index contributed by atoms with van der Waals surface area (Å²) in [5, 5.41) is 2.95. The van der Waals surface area contributed by atoms with Crippen LogP contribution in [-0.4, -0.2) is 36.3 Å². The number of carbonyl (C=O) groups excluding carboxylic acids is 2. The van der Waals surface area contributed by atoms with E-state index in [0.29, 0.717) is 30.0 Å². The molecule has 3 N–H and O–H groups in total. The lowest BCUT2D eigenvalue weighted by molar-refractivity contribution is -0.132. The fourth-order valence-corrected chi connectivity index (χ4v) is 2.84. The molecule has 1 aliphatic rings. The largest absolute Gasteiger partial charge is 0.398 e. The van der Waals surface area contributed by atoms with Crippen LogP contribution in [0.25, 0.3) is 0 Å². The molecule has 1 aromatic rings. The number of anilines is 1. The molecular weight excluding hydrogens is 250 g/mol. The van der Waals surface area contributed by atoms with E-state index in [4.69, 9.17) is 5.73 Å². The molecule has 0 aliphatic carbocycles. The molecule has 1 fully saturated rings. The number of nitrogen functional groups attached to an aromatic ring is 1. The van der Waals surface area contributed by atoms with E-state index in [1.807, 2.05) is 6.92 Å². The second kappa shape index (κ2) is 4.97. The standard InChI is InChI=1S/C12H17N3O2S/c1-7-9(13)5-10(18-7)12(17)14-8-3-4-11(16)15(2)6-8/h5,8H,3-4,6,13H2,1-2H3,(H,14,17). The number of nitrogens with zero attached hydrogens (tertiary/aromatic N) is 1. The zero-order chi connectivity index (χ0) is 13.3. The lowest BCUT2D eigenvalue weighted by atomic mass is 10.1. The maximum absolute atomic E-state index is 12.0. The second-order valence-electron chi connectivity index (χ2n) is 4.61. The van der Waals surface area contributed by atoms with E-state index in [2.05, 4.69) is 5.32 Å². The van der Waals surface area contributed by atoms with E-state index in [0.717, 1.165) is 4.88 Å². The van der Waals surface area contributed by atoms with Crippen LogP contribution in [0.4, 0.5) is 5.69 Å². The highest BCUT2D eigenvalue weighted by Gasteiger charge is 2.24. The first kappa shape index (κ1) is 12.9. The molecule has 98 valence electrons. The summed E-state index contributed by atoms with van der Waals surface area (Å²) < 4.78 is 0. The van der Waals surface area contributed by atoms with Crippen LogP contribution in [0, 0.1) is 6.92 Å². The first-order chi connectivity index (χ1) is 8.47. The number of nitrogens with one attached hydrogen (secondary N) is 1. The van der Waals surface area contributed by atoms with Gasteiger partial charge in [-0.25, -0.2) is 0 Å². The van der Waals surface area contributed by atoms with Gasteiger partial charge in [0.25, 0.3) is 5.91 Å². The number of carbonyl (C=O) groups is 2. The third kappa shape index (κ3) is 2.64. The summed E-state index contributed by atoms with van der Waals surface area (Å²) in [6.45, 7) is 2.47. The number of hydrogen-bond donors (Lipinski definition) is 2. The number of aryl methyl sites for hydroxylation is 1. The predicted molar refractivity (Wildman–Crippen MR) is 71.6 cm³/mol. The van der Waals surface area contributed by atoms with Gasteiger partial charge in [0, 0.05) is 36.6 Å². The Labute approximate surface area is 110 Å². The molecule has 0 aromatic carbocycles. The van der Waals surface area contributed by atoms with Gasteiger partial charge in [0.1, 0.15) is 0 Å². The van der Waals surface area contributed by atoms with Gasteiger partial charge >= 0.3 is 0 Å². The van der Waals surface area contributed by atoms with Crippen molar-refractivity contribution in [1.29, 1.82) is 0 Å². The Morgan fingerprint density at radius 3 is 2.89 bits per heavy atom. The molecule has 0 spiro atoms. The molecular formula is C12H17N3O2S. The highest BCUT2D eigenvalue weighted by molar-refractivity contribution is 7.14. The Bertz CT molecular complexity index is 464. The molecule has 6 heteroatoms. The Hall–Kier alpha value is -1.56. The highest BCUT2D eigenvalue weighted by Crippen LogP contribution is 2.23. The third-order valence-electron chi connectivity index (χ3n) is 3.14. The molecule has 2 rings (SSSR count). The third-order valence-corrected chi connectivity index (χ3v) is 4.21. The Morgan fingerprint density at radius 1 is 1.61 bits per heavy atom. The van der Waals surface area contributed by atoms with Crippen LogP contribution in [0.15, 0.2) is 6.07 Å². The molecule has 0 radical (unpaired) electrons. The second-order valence-corrected chi connectivity index (χ2v) is 5.86. The summed E-state index contributed by atoms with van der Waals surface area (Å²) in [4.78, 5) is 26.6. The molecule has 5 nitrogen and oxygen atoms in total. The summed E-state index contributed by atoms with van der Waals surface area (Å²) >= 11 is 1.39. The summed E-state index contributed by atoms with van der Waals surface area (Å²) in [5.41, 5.74) is 6.38. The molecule has 1 saturated heterocycles. The number of piperidine rings is 1. The van der Waals surface area contributed by atoms with Crippen molar-refractivity contribution in [2.45, 2.75) is 25.8 Å². The molecule has 2 amide bonds. The van der Waals surface area contributed by atoms with Crippen molar-refractivity contribution < 1.29 is 9.59 Å². The number of amides is 2. The molecule has 18 heavy (non-hydrogen) atoms. The van der Waals surface area contributed by atoms with Crippen LogP contribution in [0.1, 0.15) is 27.4 Å². The van der Waals surface area contributed by atoms with Crippen LogP contribution >= 0.6 is 11.3 Å².